The Morgan fingerprint density at radius 3 is 2.67 bits per heavy atom. The van der Waals surface area contributed by atoms with E-state index in [1.54, 1.807) is 0 Å². The van der Waals surface area contributed by atoms with Crippen molar-refractivity contribution in [1.82, 2.24) is 10.6 Å². The molecular weight excluding hydrogens is 316 g/mol. The SMILES string of the molecule is CNC(C)CCNC(=O)Cc1ccccc1Br.Cl. The number of carbonyl (C=O) groups is 1. The summed E-state index contributed by atoms with van der Waals surface area (Å²) < 4.78 is 0.985. The molecule has 3 nitrogen and oxygen atoms in total. The summed E-state index contributed by atoms with van der Waals surface area (Å²) in [6.45, 7) is 2.81. The summed E-state index contributed by atoms with van der Waals surface area (Å²) in [4.78, 5) is 11.7. The van der Waals surface area contributed by atoms with E-state index < -0.39 is 0 Å². The van der Waals surface area contributed by atoms with E-state index in [4.69, 9.17) is 0 Å². The molecule has 1 atom stereocenters. The summed E-state index contributed by atoms with van der Waals surface area (Å²) in [5, 5.41) is 6.06. The topological polar surface area (TPSA) is 41.1 Å². The van der Waals surface area contributed by atoms with E-state index in [-0.39, 0.29) is 18.3 Å². The van der Waals surface area contributed by atoms with Crippen LogP contribution in [0.4, 0.5) is 0 Å². The Morgan fingerprint density at radius 1 is 1.39 bits per heavy atom. The quantitative estimate of drug-likeness (QED) is 0.839. The van der Waals surface area contributed by atoms with Gasteiger partial charge in [0.2, 0.25) is 5.91 Å². The lowest BCUT2D eigenvalue weighted by Gasteiger charge is -2.11. The highest BCUT2D eigenvalue weighted by molar-refractivity contribution is 9.10. The second-order valence-electron chi connectivity index (χ2n) is 4.10. The van der Waals surface area contributed by atoms with Crippen LogP contribution in [0, 0.1) is 0 Å². The standard InChI is InChI=1S/C13H19BrN2O.ClH/c1-10(15-2)7-8-16-13(17)9-11-5-3-4-6-12(11)14;/h3-6,10,15H,7-9H2,1-2H3,(H,16,17);1H. The van der Waals surface area contributed by atoms with E-state index in [0.717, 1.165) is 16.5 Å². The molecule has 1 unspecified atom stereocenters. The highest BCUT2D eigenvalue weighted by Gasteiger charge is 2.06. The van der Waals surface area contributed by atoms with Crippen molar-refractivity contribution in [2.24, 2.45) is 0 Å². The molecule has 0 spiro atoms. The molecule has 0 saturated heterocycles. The summed E-state index contributed by atoms with van der Waals surface area (Å²) in [5.74, 6) is 0.0696. The van der Waals surface area contributed by atoms with Crippen LogP contribution in [-0.4, -0.2) is 25.5 Å². The predicted octanol–water partition coefficient (Wildman–Crippen LogP) is 2.53. The van der Waals surface area contributed by atoms with Gasteiger partial charge in [-0.3, -0.25) is 4.79 Å². The van der Waals surface area contributed by atoms with Gasteiger partial charge < -0.3 is 10.6 Å². The first-order valence-electron chi connectivity index (χ1n) is 5.81. The van der Waals surface area contributed by atoms with Crippen LogP contribution in [0.1, 0.15) is 18.9 Å². The van der Waals surface area contributed by atoms with E-state index in [1.807, 2.05) is 31.3 Å². The van der Waals surface area contributed by atoms with Crippen LogP contribution >= 0.6 is 28.3 Å². The zero-order valence-corrected chi connectivity index (χ0v) is 13.1. The van der Waals surface area contributed by atoms with Gasteiger partial charge in [-0.1, -0.05) is 34.1 Å². The summed E-state index contributed by atoms with van der Waals surface area (Å²) in [7, 11) is 1.92. The van der Waals surface area contributed by atoms with E-state index in [9.17, 15) is 4.79 Å². The second kappa shape index (κ2) is 9.36. The van der Waals surface area contributed by atoms with Gasteiger partial charge >= 0.3 is 0 Å². The molecule has 0 heterocycles. The highest BCUT2D eigenvalue weighted by atomic mass is 79.9. The van der Waals surface area contributed by atoms with Crippen molar-refractivity contribution in [2.45, 2.75) is 25.8 Å². The van der Waals surface area contributed by atoms with Crippen LogP contribution in [0.15, 0.2) is 28.7 Å². The fraction of sp³-hybridized carbons (Fsp3) is 0.462. The van der Waals surface area contributed by atoms with Crippen LogP contribution in [0.5, 0.6) is 0 Å². The van der Waals surface area contributed by atoms with Gasteiger partial charge in [0.05, 0.1) is 6.42 Å². The Bertz CT molecular complexity index is 374. The third kappa shape index (κ3) is 6.38. The smallest absolute Gasteiger partial charge is 0.224 e. The van der Waals surface area contributed by atoms with E-state index >= 15 is 0 Å². The van der Waals surface area contributed by atoms with Gasteiger partial charge in [-0.2, -0.15) is 0 Å². The number of hydrogen-bond acceptors (Lipinski definition) is 2. The average molecular weight is 336 g/mol. The lowest BCUT2D eigenvalue weighted by atomic mass is 10.1. The van der Waals surface area contributed by atoms with Crippen molar-refractivity contribution in [3.63, 3.8) is 0 Å². The van der Waals surface area contributed by atoms with Crippen molar-refractivity contribution in [2.75, 3.05) is 13.6 Å². The van der Waals surface area contributed by atoms with Gasteiger partial charge in [-0.15, -0.1) is 12.4 Å². The first-order valence-corrected chi connectivity index (χ1v) is 6.60. The zero-order chi connectivity index (χ0) is 12.7. The molecule has 0 aromatic heterocycles. The lowest BCUT2D eigenvalue weighted by Crippen LogP contribution is -2.31. The molecule has 1 aromatic rings. The fourth-order valence-electron chi connectivity index (χ4n) is 1.45. The van der Waals surface area contributed by atoms with Crippen molar-refractivity contribution < 1.29 is 4.79 Å². The minimum atomic E-state index is 0. The molecule has 0 bridgehead atoms. The molecule has 0 aliphatic rings. The first kappa shape index (κ1) is 17.4. The number of amides is 1. The number of halogens is 2. The van der Waals surface area contributed by atoms with E-state index in [1.165, 1.54) is 0 Å². The summed E-state index contributed by atoms with van der Waals surface area (Å²) in [5.41, 5.74) is 1.02. The van der Waals surface area contributed by atoms with Gasteiger partial charge in [-0.25, -0.2) is 0 Å². The average Bonchev–Trinajstić information content (AvgIpc) is 2.32. The largest absolute Gasteiger partial charge is 0.356 e. The molecule has 0 aliphatic carbocycles. The van der Waals surface area contributed by atoms with Crippen molar-refractivity contribution in [3.8, 4) is 0 Å². The maximum absolute atomic E-state index is 11.7. The van der Waals surface area contributed by atoms with Crippen molar-refractivity contribution >= 4 is 34.2 Å². The highest BCUT2D eigenvalue weighted by Crippen LogP contribution is 2.15. The van der Waals surface area contributed by atoms with E-state index in [0.29, 0.717) is 19.0 Å². The number of nitrogens with one attached hydrogen (secondary N) is 2. The molecular formula is C13H20BrClN2O. The maximum atomic E-state index is 11.7. The predicted molar refractivity (Wildman–Crippen MR) is 81.2 cm³/mol. The molecule has 0 saturated carbocycles. The molecule has 102 valence electrons. The summed E-state index contributed by atoms with van der Waals surface area (Å²) in [6.07, 6.45) is 1.37. The van der Waals surface area contributed by atoms with Gasteiger partial charge in [-0.05, 0) is 32.0 Å². The number of carbonyl (C=O) groups excluding carboxylic acids is 1. The molecule has 0 fully saturated rings. The Kier molecular flexibility index (Phi) is 9.06. The van der Waals surface area contributed by atoms with Crippen LogP contribution in [0.3, 0.4) is 0 Å². The zero-order valence-electron chi connectivity index (χ0n) is 10.7. The third-order valence-corrected chi connectivity index (χ3v) is 3.47. The minimum Gasteiger partial charge on any atom is -0.356 e. The fourth-order valence-corrected chi connectivity index (χ4v) is 1.87. The van der Waals surface area contributed by atoms with Crippen LogP contribution in [0.25, 0.3) is 0 Å². The van der Waals surface area contributed by atoms with Gasteiger partial charge in [0.15, 0.2) is 0 Å². The molecule has 0 radical (unpaired) electrons. The summed E-state index contributed by atoms with van der Waals surface area (Å²) >= 11 is 3.44. The second-order valence-corrected chi connectivity index (χ2v) is 4.95. The Balaban J connectivity index is 0.00000289. The molecule has 2 N–H and O–H groups in total. The first-order chi connectivity index (χ1) is 8.13. The molecule has 1 aromatic carbocycles. The van der Waals surface area contributed by atoms with Gasteiger partial charge in [0, 0.05) is 17.1 Å². The van der Waals surface area contributed by atoms with Crippen LogP contribution in [0.2, 0.25) is 0 Å². The molecule has 5 heteroatoms. The van der Waals surface area contributed by atoms with Gasteiger partial charge in [0.25, 0.3) is 0 Å². The van der Waals surface area contributed by atoms with Crippen molar-refractivity contribution in [3.05, 3.63) is 34.3 Å². The van der Waals surface area contributed by atoms with Crippen molar-refractivity contribution in [1.29, 1.82) is 0 Å². The lowest BCUT2D eigenvalue weighted by molar-refractivity contribution is -0.120. The Hall–Kier alpha value is -0.580. The summed E-state index contributed by atoms with van der Waals surface area (Å²) in [6, 6.07) is 8.22. The van der Waals surface area contributed by atoms with Crippen LogP contribution < -0.4 is 10.6 Å². The number of benzene rings is 1. The third-order valence-electron chi connectivity index (χ3n) is 2.70. The Morgan fingerprint density at radius 2 is 2.06 bits per heavy atom. The molecule has 18 heavy (non-hydrogen) atoms. The number of rotatable bonds is 6. The molecule has 1 amide bonds. The normalized spacial score (nSPS) is 11.5. The minimum absolute atomic E-state index is 0. The van der Waals surface area contributed by atoms with Crippen LogP contribution in [-0.2, 0) is 11.2 Å². The van der Waals surface area contributed by atoms with E-state index in [2.05, 4.69) is 33.5 Å². The molecule has 0 aliphatic heterocycles. The Labute approximate surface area is 123 Å². The molecule has 1 rings (SSSR count). The maximum Gasteiger partial charge on any atom is 0.224 e. The van der Waals surface area contributed by atoms with Gasteiger partial charge in [0.1, 0.15) is 0 Å². The monoisotopic (exact) mass is 334 g/mol. The number of hydrogen-bond donors (Lipinski definition) is 2.